The van der Waals surface area contributed by atoms with Gasteiger partial charge in [0.05, 0.1) is 0 Å². The number of halogens is 1. The number of hydrogen-bond acceptors (Lipinski definition) is 2. The minimum Gasteiger partial charge on any atom is -0.370 e. The Bertz CT molecular complexity index is 718. The molecule has 0 aromatic heterocycles. The van der Waals surface area contributed by atoms with Gasteiger partial charge in [0.25, 0.3) is 0 Å². The number of likely N-dealkylation sites (tertiary alicyclic amines) is 1. The van der Waals surface area contributed by atoms with Crippen molar-refractivity contribution in [1.82, 2.24) is 4.90 Å². The standard InChI is InChI=1S/C23H28INO/c1-2-26-23(19-10-7-13-22(24)14-19)20-11-6-12-21(23)17-25(16-20)15-18-8-4-3-5-9-18/h3-5,7-10,13-14,20-21H,2,6,11-12,15-17H2,1H3/t20-,21?,23?/m0/s1. The molecule has 0 amide bonds. The second-order valence-electron chi connectivity index (χ2n) is 7.74. The van der Waals surface area contributed by atoms with E-state index >= 15 is 0 Å². The summed E-state index contributed by atoms with van der Waals surface area (Å²) in [4.78, 5) is 2.66. The van der Waals surface area contributed by atoms with Crippen LogP contribution in [0.4, 0.5) is 0 Å². The molecule has 2 bridgehead atoms. The number of fused-ring (bicyclic) bond motifs is 2. The summed E-state index contributed by atoms with van der Waals surface area (Å²) < 4.78 is 7.96. The molecule has 2 aromatic rings. The summed E-state index contributed by atoms with van der Waals surface area (Å²) in [6.07, 6.45) is 3.88. The zero-order valence-electron chi connectivity index (χ0n) is 15.5. The van der Waals surface area contributed by atoms with Crippen LogP contribution in [0.1, 0.15) is 37.3 Å². The predicted octanol–water partition coefficient (Wildman–Crippen LogP) is 5.46. The lowest BCUT2D eigenvalue weighted by Gasteiger charge is -2.56. The van der Waals surface area contributed by atoms with Crippen molar-refractivity contribution < 1.29 is 4.74 Å². The average molecular weight is 461 g/mol. The number of ether oxygens (including phenoxy) is 1. The Morgan fingerprint density at radius 1 is 1.04 bits per heavy atom. The van der Waals surface area contributed by atoms with Gasteiger partial charge in [0, 0.05) is 41.6 Å². The van der Waals surface area contributed by atoms with Crippen molar-refractivity contribution in [1.29, 1.82) is 0 Å². The van der Waals surface area contributed by atoms with Crippen molar-refractivity contribution in [3.05, 3.63) is 69.3 Å². The molecule has 2 fully saturated rings. The van der Waals surface area contributed by atoms with Crippen LogP contribution in [-0.2, 0) is 16.9 Å². The molecular weight excluding hydrogens is 433 g/mol. The van der Waals surface area contributed by atoms with Crippen LogP contribution in [0, 0.1) is 15.4 Å². The molecule has 0 N–H and O–H groups in total. The number of piperidine rings is 1. The first-order valence-electron chi connectivity index (χ1n) is 9.88. The van der Waals surface area contributed by atoms with E-state index in [2.05, 4.69) is 89.0 Å². The molecule has 26 heavy (non-hydrogen) atoms. The fourth-order valence-corrected chi connectivity index (χ4v) is 5.80. The first-order chi connectivity index (χ1) is 12.7. The van der Waals surface area contributed by atoms with Crippen molar-refractivity contribution in [3.8, 4) is 0 Å². The Kier molecular flexibility index (Phi) is 5.67. The molecule has 1 saturated carbocycles. The van der Waals surface area contributed by atoms with Crippen molar-refractivity contribution in [2.45, 2.75) is 38.3 Å². The minimum atomic E-state index is -0.0959. The highest BCUT2D eigenvalue weighted by molar-refractivity contribution is 14.1. The lowest BCUT2D eigenvalue weighted by molar-refractivity contribution is -0.184. The van der Waals surface area contributed by atoms with Crippen molar-refractivity contribution in [3.63, 3.8) is 0 Å². The molecule has 1 aliphatic heterocycles. The van der Waals surface area contributed by atoms with Crippen LogP contribution in [0.5, 0.6) is 0 Å². The molecule has 0 radical (unpaired) electrons. The summed E-state index contributed by atoms with van der Waals surface area (Å²) in [6, 6.07) is 19.9. The van der Waals surface area contributed by atoms with E-state index in [1.165, 1.54) is 34.0 Å². The van der Waals surface area contributed by atoms with Gasteiger partial charge < -0.3 is 4.74 Å². The summed E-state index contributed by atoms with van der Waals surface area (Å²) in [5, 5.41) is 0. The predicted molar refractivity (Wildman–Crippen MR) is 115 cm³/mol. The number of hydrogen-bond donors (Lipinski definition) is 0. The molecule has 3 heteroatoms. The van der Waals surface area contributed by atoms with Gasteiger partial charge in [-0.3, -0.25) is 4.90 Å². The molecule has 2 unspecified atom stereocenters. The summed E-state index contributed by atoms with van der Waals surface area (Å²) >= 11 is 2.43. The van der Waals surface area contributed by atoms with Crippen LogP contribution < -0.4 is 0 Å². The third kappa shape index (κ3) is 3.46. The van der Waals surface area contributed by atoms with Gasteiger partial charge in [-0.25, -0.2) is 0 Å². The van der Waals surface area contributed by atoms with Crippen molar-refractivity contribution in [2.75, 3.05) is 19.7 Å². The topological polar surface area (TPSA) is 12.5 Å². The fraction of sp³-hybridized carbons (Fsp3) is 0.478. The molecule has 2 nitrogen and oxygen atoms in total. The monoisotopic (exact) mass is 461 g/mol. The van der Waals surface area contributed by atoms with Gasteiger partial charge in [0.2, 0.25) is 0 Å². The molecule has 4 rings (SSSR count). The fourth-order valence-electron chi connectivity index (χ4n) is 5.26. The third-order valence-electron chi connectivity index (χ3n) is 6.18. The maximum Gasteiger partial charge on any atom is 0.101 e. The zero-order valence-corrected chi connectivity index (χ0v) is 17.7. The Balaban J connectivity index is 1.64. The molecular formula is C23H28INO. The van der Waals surface area contributed by atoms with Gasteiger partial charge in [-0.2, -0.15) is 0 Å². The van der Waals surface area contributed by atoms with Crippen LogP contribution in [-0.4, -0.2) is 24.6 Å². The Hall–Kier alpha value is -0.910. The van der Waals surface area contributed by atoms with Crippen LogP contribution in [0.3, 0.4) is 0 Å². The van der Waals surface area contributed by atoms with E-state index in [0.29, 0.717) is 11.8 Å². The largest absolute Gasteiger partial charge is 0.370 e. The lowest BCUT2D eigenvalue weighted by atomic mass is 9.62. The highest BCUT2D eigenvalue weighted by Gasteiger charge is 2.53. The minimum absolute atomic E-state index is 0.0959. The molecule has 1 aliphatic carbocycles. The summed E-state index contributed by atoms with van der Waals surface area (Å²) in [5.74, 6) is 1.16. The zero-order chi connectivity index (χ0) is 18.0. The first-order valence-corrected chi connectivity index (χ1v) is 11.0. The normalized spacial score (nSPS) is 28.8. The number of rotatable bonds is 5. The molecule has 138 valence electrons. The van der Waals surface area contributed by atoms with E-state index in [0.717, 1.165) is 26.2 Å². The third-order valence-corrected chi connectivity index (χ3v) is 6.85. The highest BCUT2D eigenvalue weighted by Crippen LogP contribution is 2.52. The molecule has 0 spiro atoms. The quantitative estimate of drug-likeness (QED) is 0.549. The van der Waals surface area contributed by atoms with E-state index in [1.807, 2.05) is 0 Å². The number of nitrogens with zero attached hydrogens (tertiary/aromatic N) is 1. The highest BCUT2D eigenvalue weighted by atomic mass is 127. The van der Waals surface area contributed by atoms with E-state index in [1.54, 1.807) is 0 Å². The molecule has 1 heterocycles. The van der Waals surface area contributed by atoms with Crippen LogP contribution in [0.15, 0.2) is 54.6 Å². The summed E-state index contributed by atoms with van der Waals surface area (Å²) in [6.45, 7) is 6.27. The Morgan fingerprint density at radius 3 is 2.42 bits per heavy atom. The van der Waals surface area contributed by atoms with E-state index in [-0.39, 0.29) is 5.60 Å². The molecule has 1 saturated heterocycles. The Morgan fingerprint density at radius 2 is 1.77 bits per heavy atom. The lowest BCUT2D eigenvalue weighted by Crippen LogP contribution is -2.59. The van der Waals surface area contributed by atoms with E-state index in [4.69, 9.17) is 4.74 Å². The second-order valence-corrected chi connectivity index (χ2v) is 8.99. The van der Waals surface area contributed by atoms with E-state index in [9.17, 15) is 0 Å². The second kappa shape index (κ2) is 7.99. The van der Waals surface area contributed by atoms with Gasteiger partial charge in [-0.15, -0.1) is 0 Å². The van der Waals surface area contributed by atoms with Crippen LogP contribution in [0.2, 0.25) is 0 Å². The van der Waals surface area contributed by atoms with E-state index < -0.39 is 0 Å². The van der Waals surface area contributed by atoms with Gasteiger partial charge in [-0.1, -0.05) is 48.9 Å². The van der Waals surface area contributed by atoms with Crippen molar-refractivity contribution in [2.24, 2.45) is 11.8 Å². The summed E-state index contributed by atoms with van der Waals surface area (Å²) in [7, 11) is 0. The van der Waals surface area contributed by atoms with Crippen LogP contribution in [0.25, 0.3) is 0 Å². The van der Waals surface area contributed by atoms with Gasteiger partial charge >= 0.3 is 0 Å². The van der Waals surface area contributed by atoms with Gasteiger partial charge in [-0.05, 0) is 65.6 Å². The molecule has 2 aliphatic rings. The number of benzene rings is 2. The molecule has 3 atom stereocenters. The average Bonchev–Trinajstić information content (AvgIpc) is 2.63. The first kappa shape index (κ1) is 18.5. The smallest absolute Gasteiger partial charge is 0.101 e. The van der Waals surface area contributed by atoms with Crippen LogP contribution >= 0.6 is 22.6 Å². The maximum absolute atomic E-state index is 6.65. The summed E-state index contributed by atoms with van der Waals surface area (Å²) in [5.41, 5.74) is 2.73. The van der Waals surface area contributed by atoms with Gasteiger partial charge in [0.15, 0.2) is 0 Å². The SMILES string of the molecule is CCOC1(c2cccc(I)c2)C2CCC[C@H]1CN(Cc1ccccc1)C2. The van der Waals surface area contributed by atoms with Gasteiger partial charge in [0.1, 0.15) is 5.60 Å². The maximum atomic E-state index is 6.65. The Labute approximate surface area is 171 Å². The van der Waals surface area contributed by atoms with Crippen molar-refractivity contribution >= 4 is 22.6 Å². The molecule has 2 aromatic carbocycles.